The number of nitrogens with one attached hydrogen (secondary N) is 1. The van der Waals surface area contributed by atoms with Crippen molar-refractivity contribution in [3.05, 3.63) is 90.0 Å². The summed E-state index contributed by atoms with van der Waals surface area (Å²) < 4.78 is 17.1. The van der Waals surface area contributed by atoms with E-state index in [4.69, 9.17) is 24.0 Å². The molecule has 0 bridgehead atoms. The van der Waals surface area contributed by atoms with Crippen LogP contribution < -0.4 is 5.48 Å². The molecule has 1 aromatic heterocycles. The average molecular weight is 581 g/mol. The van der Waals surface area contributed by atoms with Crippen LogP contribution in [0, 0.1) is 0 Å². The fourth-order valence-corrected chi connectivity index (χ4v) is 5.72. The predicted molar refractivity (Wildman–Crippen MR) is 167 cm³/mol. The number of benzene rings is 3. The van der Waals surface area contributed by atoms with Gasteiger partial charge in [-0.15, -0.1) is 0 Å². The van der Waals surface area contributed by atoms with E-state index in [9.17, 15) is 4.79 Å². The lowest BCUT2D eigenvalue weighted by atomic mass is 9.98. The van der Waals surface area contributed by atoms with Gasteiger partial charge in [-0.1, -0.05) is 66.7 Å². The fraction of sp³-hybridized carbons (Fsp3) is 0.389. The van der Waals surface area contributed by atoms with E-state index < -0.39 is 0 Å². The maximum Gasteiger partial charge on any atom is 0.248 e. The Hall–Kier alpha value is -3.62. The number of rotatable bonds is 11. The number of aromatic nitrogens is 1. The number of hydroxylamine groups is 1. The first-order valence-electron chi connectivity index (χ1n) is 15.6. The van der Waals surface area contributed by atoms with Crippen molar-refractivity contribution < 1.29 is 23.8 Å². The summed E-state index contributed by atoms with van der Waals surface area (Å²) in [6.07, 6.45) is 7.96. The summed E-state index contributed by atoms with van der Waals surface area (Å²) in [5.41, 5.74) is 9.81. The molecule has 2 aliphatic rings. The van der Waals surface area contributed by atoms with E-state index in [1.807, 2.05) is 30.3 Å². The van der Waals surface area contributed by atoms with Crippen molar-refractivity contribution in [1.29, 1.82) is 0 Å². The molecule has 6 rings (SSSR count). The second-order valence-corrected chi connectivity index (χ2v) is 11.3. The molecule has 2 fully saturated rings. The Morgan fingerprint density at radius 1 is 0.814 bits per heavy atom. The van der Waals surface area contributed by atoms with Gasteiger partial charge in [-0.25, -0.2) is 15.3 Å². The van der Waals surface area contributed by atoms with Gasteiger partial charge in [-0.2, -0.15) is 0 Å². The SMILES string of the molecule is O=C(Cc1cc(-c2ccc(-c3ccc(CCCOC4CCCCO4)cc3)cc2)nc2ccccc12)NOC1CCCCO1. The van der Waals surface area contributed by atoms with Crippen molar-refractivity contribution in [3.8, 4) is 22.4 Å². The Morgan fingerprint density at radius 2 is 1.49 bits per heavy atom. The summed E-state index contributed by atoms with van der Waals surface area (Å²) in [4.78, 5) is 23.2. The molecule has 2 unspecified atom stereocenters. The molecule has 7 nitrogen and oxygen atoms in total. The third kappa shape index (κ3) is 8.06. The molecule has 224 valence electrons. The molecule has 0 radical (unpaired) electrons. The Kier molecular flexibility index (Phi) is 10.1. The monoisotopic (exact) mass is 580 g/mol. The van der Waals surface area contributed by atoms with Gasteiger partial charge in [0, 0.05) is 30.6 Å². The highest BCUT2D eigenvalue weighted by Gasteiger charge is 2.17. The zero-order valence-corrected chi connectivity index (χ0v) is 24.6. The van der Waals surface area contributed by atoms with Crippen molar-refractivity contribution in [2.24, 2.45) is 0 Å². The van der Waals surface area contributed by atoms with E-state index in [1.54, 1.807) is 0 Å². The number of carbonyl (C=O) groups excluding carboxylic acids is 1. The zero-order valence-electron chi connectivity index (χ0n) is 24.6. The minimum Gasteiger partial charge on any atom is -0.353 e. The van der Waals surface area contributed by atoms with Crippen molar-refractivity contribution in [3.63, 3.8) is 0 Å². The van der Waals surface area contributed by atoms with Gasteiger partial charge in [0.1, 0.15) is 0 Å². The van der Waals surface area contributed by atoms with Crippen molar-refractivity contribution in [2.75, 3.05) is 19.8 Å². The highest BCUT2D eigenvalue weighted by atomic mass is 16.8. The van der Waals surface area contributed by atoms with E-state index in [1.165, 1.54) is 17.5 Å². The number of amides is 1. The fourth-order valence-electron chi connectivity index (χ4n) is 5.72. The summed E-state index contributed by atoms with van der Waals surface area (Å²) in [6.45, 7) is 2.21. The summed E-state index contributed by atoms with van der Waals surface area (Å²) in [6, 6.07) is 27.1. The highest BCUT2D eigenvalue weighted by Crippen LogP contribution is 2.28. The van der Waals surface area contributed by atoms with Crippen molar-refractivity contribution >= 4 is 16.8 Å². The Labute approximate surface area is 253 Å². The summed E-state index contributed by atoms with van der Waals surface area (Å²) in [7, 11) is 0. The van der Waals surface area contributed by atoms with Crippen LogP contribution in [0.4, 0.5) is 0 Å². The lowest BCUT2D eigenvalue weighted by Gasteiger charge is -2.22. The summed E-state index contributed by atoms with van der Waals surface area (Å²) >= 11 is 0. The second-order valence-electron chi connectivity index (χ2n) is 11.3. The Bertz CT molecular complexity index is 1480. The van der Waals surface area contributed by atoms with Gasteiger partial charge < -0.3 is 14.2 Å². The number of pyridine rings is 1. The number of hydrogen-bond acceptors (Lipinski definition) is 6. The molecule has 4 aromatic rings. The summed E-state index contributed by atoms with van der Waals surface area (Å²) in [5, 5.41) is 0.959. The van der Waals surface area contributed by atoms with Gasteiger partial charge >= 0.3 is 0 Å². The van der Waals surface area contributed by atoms with Crippen LogP contribution >= 0.6 is 0 Å². The standard InChI is InChI=1S/C36H40N2O5/c39-34(38-43-36-12-4-6-22-42-36)25-30-24-33(37-32-10-2-1-9-31(30)32)29-19-17-28(18-20-29)27-15-13-26(14-16-27)8-7-23-41-35-11-3-5-21-40-35/h1-2,9-10,13-20,24,35-36H,3-8,11-12,21-23,25H2,(H,38,39). The first kappa shape index (κ1) is 29.5. The van der Waals surface area contributed by atoms with Crippen LogP contribution in [-0.4, -0.2) is 43.3 Å². The molecule has 3 heterocycles. The third-order valence-electron chi connectivity index (χ3n) is 8.11. The maximum atomic E-state index is 12.8. The van der Waals surface area contributed by atoms with Gasteiger partial charge in [0.25, 0.3) is 0 Å². The molecular weight excluding hydrogens is 540 g/mol. The minimum atomic E-state index is -0.377. The number of nitrogens with zero attached hydrogens (tertiary/aromatic N) is 1. The van der Waals surface area contributed by atoms with Crippen LogP contribution in [0.2, 0.25) is 0 Å². The number of carbonyl (C=O) groups is 1. The van der Waals surface area contributed by atoms with Crippen LogP contribution in [0.15, 0.2) is 78.9 Å². The van der Waals surface area contributed by atoms with Crippen LogP contribution in [0.3, 0.4) is 0 Å². The highest BCUT2D eigenvalue weighted by molar-refractivity contribution is 5.90. The molecule has 3 aromatic carbocycles. The second kappa shape index (κ2) is 14.7. The number of para-hydroxylation sites is 1. The smallest absolute Gasteiger partial charge is 0.248 e. The quantitative estimate of drug-likeness (QED) is 0.150. The molecule has 7 heteroatoms. The van der Waals surface area contributed by atoms with Gasteiger partial charge in [0.15, 0.2) is 12.6 Å². The number of hydrogen-bond donors (Lipinski definition) is 1. The molecular formula is C36H40N2O5. The molecule has 2 atom stereocenters. The van der Waals surface area contributed by atoms with Crippen molar-refractivity contribution in [2.45, 2.75) is 70.4 Å². The molecule has 0 spiro atoms. The first-order valence-corrected chi connectivity index (χ1v) is 15.6. The molecule has 1 N–H and O–H groups in total. The lowest BCUT2D eigenvalue weighted by Crippen LogP contribution is -2.33. The molecule has 0 aliphatic carbocycles. The van der Waals surface area contributed by atoms with Crippen LogP contribution in [0.1, 0.15) is 56.1 Å². The van der Waals surface area contributed by atoms with E-state index in [2.05, 4.69) is 54.0 Å². The number of fused-ring (bicyclic) bond motifs is 1. The molecule has 2 aliphatic heterocycles. The van der Waals surface area contributed by atoms with E-state index in [0.717, 1.165) is 91.4 Å². The average Bonchev–Trinajstić information content (AvgIpc) is 3.07. The first-order chi connectivity index (χ1) is 21.2. The van der Waals surface area contributed by atoms with Crippen LogP contribution in [0.25, 0.3) is 33.3 Å². The summed E-state index contributed by atoms with van der Waals surface area (Å²) in [5.74, 6) is -0.207. The number of aryl methyl sites for hydroxylation is 1. The Morgan fingerprint density at radius 3 is 2.21 bits per heavy atom. The number of ether oxygens (including phenoxy) is 3. The maximum absolute atomic E-state index is 12.8. The van der Waals surface area contributed by atoms with Crippen molar-refractivity contribution in [1.82, 2.24) is 10.5 Å². The van der Waals surface area contributed by atoms with Gasteiger partial charge in [0.05, 0.1) is 24.2 Å². The molecule has 2 saturated heterocycles. The largest absolute Gasteiger partial charge is 0.353 e. The predicted octanol–water partition coefficient (Wildman–Crippen LogP) is 7.16. The third-order valence-corrected chi connectivity index (χ3v) is 8.11. The molecule has 1 amide bonds. The molecule has 43 heavy (non-hydrogen) atoms. The van der Waals surface area contributed by atoms with E-state index in [-0.39, 0.29) is 24.9 Å². The Balaban J connectivity index is 1.08. The topological polar surface area (TPSA) is 78.9 Å². The minimum absolute atomic E-state index is 0.0175. The van der Waals surface area contributed by atoms with Gasteiger partial charge in [-0.05, 0) is 79.3 Å². The normalized spacial score (nSPS) is 18.9. The van der Waals surface area contributed by atoms with E-state index in [0.29, 0.717) is 6.61 Å². The van der Waals surface area contributed by atoms with Gasteiger partial charge in [-0.3, -0.25) is 4.79 Å². The van der Waals surface area contributed by atoms with E-state index >= 15 is 0 Å². The van der Waals surface area contributed by atoms with Crippen LogP contribution in [0.5, 0.6) is 0 Å². The molecule has 0 saturated carbocycles. The zero-order chi connectivity index (χ0) is 29.3. The van der Waals surface area contributed by atoms with Crippen LogP contribution in [-0.2, 0) is 36.7 Å². The van der Waals surface area contributed by atoms with Gasteiger partial charge in [0.2, 0.25) is 5.91 Å². The lowest BCUT2D eigenvalue weighted by molar-refractivity contribution is -0.200.